The van der Waals surface area contributed by atoms with Crippen LogP contribution in [0.3, 0.4) is 0 Å². The highest BCUT2D eigenvalue weighted by Crippen LogP contribution is 2.48. The highest BCUT2D eigenvalue weighted by atomic mass is 32.1. The summed E-state index contributed by atoms with van der Waals surface area (Å²) < 4.78 is 5.45. The van der Waals surface area contributed by atoms with Gasteiger partial charge in [0, 0.05) is 55.6 Å². The maximum atomic E-state index is 12.8. The van der Waals surface area contributed by atoms with Crippen LogP contribution in [0.2, 0.25) is 0 Å². The number of allylic oxidation sites excluding steroid dienone is 2. The molecule has 1 unspecified atom stereocenters. The third kappa shape index (κ3) is 4.91. The Morgan fingerprint density at radius 1 is 1.11 bits per heavy atom. The van der Waals surface area contributed by atoms with Crippen LogP contribution < -0.4 is 16.0 Å². The average molecular weight is 526 g/mol. The van der Waals surface area contributed by atoms with E-state index in [4.69, 9.17) is 10.5 Å². The van der Waals surface area contributed by atoms with Gasteiger partial charge in [-0.2, -0.15) is 0 Å². The summed E-state index contributed by atoms with van der Waals surface area (Å²) in [5, 5.41) is 16.5. The molecule has 5 rings (SSSR count). The number of hydrogen-bond acceptors (Lipinski definition) is 11. The van der Waals surface area contributed by atoms with Crippen molar-refractivity contribution in [3.05, 3.63) is 62.7 Å². The number of carbonyl (C=O) groups excluding carboxylic acids is 1. The molecule has 1 aromatic carbocycles. The number of likely N-dealkylation sites (N-methyl/N-ethyl adjacent to an activating group) is 1. The molecule has 196 valence electrons. The Morgan fingerprint density at radius 3 is 2.46 bits per heavy atom. The second-order valence-corrected chi connectivity index (χ2v) is 10.5. The van der Waals surface area contributed by atoms with Crippen molar-refractivity contribution in [2.75, 3.05) is 75.5 Å². The van der Waals surface area contributed by atoms with E-state index < -0.39 is 5.54 Å². The number of hydrogen-bond donors (Lipinski definition) is 2. The summed E-state index contributed by atoms with van der Waals surface area (Å²) in [6, 6.07) is 8.07. The average Bonchev–Trinajstić information content (AvgIpc) is 3.29. The van der Waals surface area contributed by atoms with Crippen molar-refractivity contribution in [2.24, 2.45) is 0 Å². The van der Waals surface area contributed by atoms with E-state index in [-0.39, 0.29) is 17.2 Å². The zero-order valence-electron chi connectivity index (χ0n) is 20.8. The van der Waals surface area contributed by atoms with Gasteiger partial charge in [0.15, 0.2) is 5.13 Å². The molecule has 2 saturated heterocycles. The van der Waals surface area contributed by atoms with Gasteiger partial charge in [0.1, 0.15) is 17.0 Å². The molecule has 2 aromatic rings. The molecule has 0 radical (unpaired) electrons. The fourth-order valence-corrected chi connectivity index (χ4v) is 6.16. The summed E-state index contributed by atoms with van der Waals surface area (Å²) in [6.07, 6.45) is 3.91. The van der Waals surface area contributed by atoms with E-state index in [1.54, 1.807) is 12.2 Å². The number of ether oxygens (including phenoxy) is 1. The molecule has 1 aliphatic carbocycles. The molecule has 37 heavy (non-hydrogen) atoms. The molecule has 2 aliphatic heterocycles. The van der Waals surface area contributed by atoms with Gasteiger partial charge in [0.25, 0.3) is 0 Å². The van der Waals surface area contributed by atoms with Crippen molar-refractivity contribution in [1.29, 1.82) is 0 Å². The number of nitrogen functional groups attached to an aromatic ring is 1. The van der Waals surface area contributed by atoms with Gasteiger partial charge < -0.3 is 30.5 Å². The third-order valence-corrected chi connectivity index (χ3v) is 8.31. The minimum absolute atomic E-state index is 0.0851. The number of morpholine rings is 1. The Hall–Kier alpha value is -3.48. The van der Waals surface area contributed by atoms with Crippen molar-refractivity contribution in [3.63, 3.8) is 0 Å². The largest absolute Gasteiger partial charge is 0.382 e. The first-order chi connectivity index (χ1) is 17.9. The van der Waals surface area contributed by atoms with E-state index in [1.807, 2.05) is 17.0 Å². The number of nitrogens with zero attached hydrogens (tertiary/aromatic N) is 5. The Kier molecular flexibility index (Phi) is 7.13. The summed E-state index contributed by atoms with van der Waals surface area (Å²) in [5.41, 5.74) is 7.44. The Bertz CT molecular complexity index is 1210. The summed E-state index contributed by atoms with van der Waals surface area (Å²) in [4.78, 5) is 35.5. The first-order valence-corrected chi connectivity index (χ1v) is 13.1. The van der Waals surface area contributed by atoms with Gasteiger partial charge in [-0.1, -0.05) is 17.4 Å². The Morgan fingerprint density at radius 2 is 1.81 bits per heavy atom. The predicted molar refractivity (Wildman–Crippen MR) is 144 cm³/mol. The molecule has 3 heterocycles. The van der Waals surface area contributed by atoms with Crippen LogP contribution in [0.4, 0.5) is 22.3 Å². The van der Waals surface area contributed by atoms with Gasteiger partial charge >= 0.3 is 5.54 Å². The van der Waals surface area contributed by atoms with Crippen molar-refractivity contribution >= 4 is 39.9 Å². The highest BCUT2D eigenvalue weighted by molar-refractivity contribution is 7.16. The minimum atomic E-state index is -1.70. The van der Waals surface area contributed by atoms with Crippen LogP contribution >= 0.6 is 11.3 Å². The second-order valence-electron chi connectivity index (χ2n) is 9.50. The van der Waals surface area contributed by atoms with E-state index in [1.165, 1.54) is 0 Å². The summed E-state index contributed by atoms with van der Waals surface area (Å²) in [6.45, 7) is 6.02. The molecule has 1 atom stereocenters. The van der Waals surface area contributed by atoms with Gasteiger partial charge in [0.05, 0.1) is 25.3 Å². The van der Waals surface area contributed by atoms with E-state index >= 15 is 0 Å². The quantitative estimate of drug-likeness (QED) is 0.316. The van der Waals surface area contributed by atoms with Crippen molar-refractivity contribution in [2.45, 2.75) is 12.0 Å². The van der Waals surface area contributed by atoms with E-state index in [0.717, 1.165) is 48.9 Å². The van der Waals surface area contributed by atoms with Gasteiger partial charge in [-0.15, -0.1) is 0 Å². The molecule has 12 heteroatoms. The number of aldehydes is 1. The second kappa shape index (κ2) is 10.5. The maximum Gasteiger partial charge on any atom is 0.303 e. The van der Waals surface area contributed by atoms with E-state index in [2.05, 4.69) is 39.3 Å². The summed E-state index contributed by atoms with van der Waals surface area (Å²) in [7, 11) is 2.13. The molecule has 3 aliphatic rings. The summed E-state index contributed by atoms with van der Waals surface area (Å²) in [5.74, 6) is 0.0876. The fraction of sp³-hybridized carbons (Fsp3) is 0.440. The SMILES string of the molecule is CN1CCN(c2ccc(Nc3nc(N)c(C4([N+](=O)[O-])CC(C=O)=CC=C4N4CCOCC4)s3)cc2)CC1. The number of thiazole rings is 1. The third-order valence-electron chi connectivity index (χ3n) is 7.17. The topological polar surface area (TPSA) is 130 Å². The van der Waals surface area contributed by atoms with Gasteiger partial charge in [-0.05, 0) is 43.0 Å². The molecule has 11 nitrogen and oxygen atoms in total. The standard InChI is InChI=1S/C25H31N7O4S/c1-29-8-10-30(11-9-29)20-5-3-19(4-6-20)27-24-28-23(26)22(37-24)25(32(34)35)16-18(17-33)2-7-21(25)31-12-14-36-15-13-31/h2-7,17H,8-16,26H2,1H3,(H,27,28). The number of nitrogens with two attached hydrogens (primary N) is 1. The molecular formula is C25H31N7O4S. The maximum absolute atomic E-state index is 12.8. The Balaban J connectivity index is 1.42. The van der Waals surface area contributed by atoms with Gasteiger partial charge in [-0.25, -0.2) is 4.98 Å². The number of nitrogens with one attached hydrogen (secondary N) is 1. The lowest BCUT2D eigenvalue weighted by atomic mass is 9.82. The van der Waals surface area contributed by atoms with Gasteiger partial charge in [-0.3, -0.25) is 14.9 Å². The first-order valence-electron chi connectivity index (χ1n) is 12.3. The van der Waals surface area contributed by atoms with Crippen LogP contribution in [0, 0.1) is 10.1 Å². The van der Waals surface area contributed by atoms with Crippen LogP contribution in [0.25, 0.3) is 0 Å². The number of carbonyl (C=O) groups is 1. The predicted octanol–water partition coefficient (Wildman–Crippen LogP) is 2.44. The highest BCUT2D eigenvalue weighted by Gasteiger charge is 2.55. The zero-order valence-corrected chi connectivity index (χ0v) is 21.6. The molecule has 0 amide bonds. The number of nitro groups is 1. The molecule has 0 spiro atoms. The normalized spacial score (nSPS) is 22.8. The number of piperazine rings is 1. The number of aromatic nitrogens is 1. The number of benzene rings is 1. The lowest BCUT2D eigenvalue weighted by Gasteiger charge is -2.38. The molecule has 2 fully saturated rings. The molecule has 0 bridgehead atoms. The molecular weight excluding hydrogens is 494 g/mol. The van der Waals surface area contributed by atoms with Crippen LogP contribution in [0.1, 0.15) is 11.3 Å². The number of anilines is 4. The molecule has 1 aromatic heterocycles. The summed E-state index contributed by atoms with van der Waals surface area (Å²) >= 11 is 1.15. The monoisotopic (exact) mass is 525 g/mol. The fourth-order valence-electron chi connectivity index (χ4n) is 5.08. The Labute approximate surface area is 219 Å². The van der Waals surface area contributed by atoms with Gasteiger partial charge in [0.2, 0.25) is 0 Å². The van der Waals surface area contributed by atoms with Crippen LogP contribution in [-0.2, 0) is 15.1 Å². The zero-order chi connectivity index (χ0) is 26.0. The van der Waals surface area contributed by atoms with E-state index in [0.29, 0.717) is 53.9 Å². The lowest BCUT2D eigenvalue weighted by Crippen LogP contribution is -2.49. The number of rotatable bonds is 7. The lowest BCUT2D eigenvalue weighted by molar-refractivity contribution is -0.569. The van der Waals surface area contributed by atoms with E-state index in [9.17, 15) is 14.9 Å². The van der Waals surface area contributed by atoms with Crippen molar-refractivity contribution in [1.82, 2.24) is 14.8 Å². The van der Waals surface area contributed by atoms with Crippen molar-refractivity contribution in [3.8, 4) is 0 Å². The van der Waals surface area contributed by atoms with Crippen LogP contribution in [0.15, 0.2) is 47.7 Å². The van der Waals surface area contributed by atoms with Crippen molar-refractivity contribution < 1.29 is 14.5 Å². The van der Waals surface area contributed by atoms with Crippen LogP contribution in [-0.4, -0.2) is 85.5 Å². The van der Waals surface area contributed by atoms with Crippen LogP contribution in [0.5, 0.6) is 0 Å². The minimum Gasteiger partial charge on any atom is -0.382 e. The molecule has 0 saturated carbocycles. The smallest absolute Gasteiger partial charge is 0.303 e. The molecule has 3 N–H and O–H groups in total. The first kappa shape index (κ1) is 25.2.